The standard InChI is InChI=1S/C6N5/c1-8-5-6(9-2)11-4(3-7)10-5/q-1. The van der Waals surface area contributed by atoms with Gasteiger partial charge in [0.2, 0.25) is 0 Å². The van der Waals surface area contributed by atoms with Gasteiger partial charge in [-0.3, -0.25) is 0 Å². The fourth-order valence-electron chi connectivity index (χ4n) is 0.526. The quantitative estimate of drug-likeness (QED) is 0.353. The first-order valence-corrected chi connectivity index (χ1v) is 2.51. The molecule has 0 atom stereocenters. The summed E-state index contributed by atoms with van der Waals surface area (Å²) in [5, 5.41) is 8.29. The van der Waals surface area contributed by atoms with Crippen LogP contribution in [0.5, 0.6) is 0 Å². The van der Waals surface area contributed by atoms with Crippen LogP contribution in [0.15, 0.2) is 15.8 Å². The first-order chi connectivity index (χ1) is 5.31. The van der Waals surface area contributed by atoms with Crippen molar-refractivity contribution in [1.29, 1.82) is 0 Å². The number of hydrogen-bond acceptors (Lipinski definition) is 2. The van der Waals surface area contributed by atoms with Gasteiger partial charge in [-0.05, 0) is 0 Å². The molecular weight excluding hydrogens is 142 g/mol. The number of amidine groups is 2. The third-order valence-electron chi connectivity index (χ3n) is 0.935. The maximum absolute atomic E-state index is 8.29. The highest BCUT2D eigenvalue weighted by Crippen LogP contribution is 2.07. The van der Waals surface area contributed by atoms with Crippen LogP contribution in [0.25, 0.3) is 15.1 Å². The molecule has 1 aliphatic heterocycles. The van der Waals surface area contributed by atoms with Crippen molar-refractivity contribution >= 4 is 17.5 Å². The lowest BCUT2D eigenvalue weighted by molar-refractivity contribution is 1.33. The summed E-state index contributed by atoms with van der Waals surface area (Å²) in [6.07, 6.45) is 0. The smallest absolute Gasteiger partial charge is 0.357 e. The van der Waals surface area contributed by atoms with E-state index < -0.39 is 0 Å². The molecule has 5 heteroatoms. The molecule has 0 amide bonds. The summed E-state index contributed by atoms with van der Waals surface area (Å²) in [5.41, 5.74) is 0. The summed E-state index contributed by atoms with van der Waals surface area (Å²) in [7, 11) is 0. The summed E-state index contributed by atoms with van der Waals surface area (Å²) in [5.74, 6) is 1.32. The molecule has 0 bridgehead atoms. The number of nitrogens with zero attached hydrogens (tertiary/aromatic N) is 5. The van der Waals surface area contributed by atoms with Gasteiger partial charge in [0.25, 0.3) is 11.7 Å². The lowest BCUT2D eigenvalue weighted by Crippen LogP contribution is -1.98. The molecule has 11 heavy (non-hydrogen) atoms. The molecule has 0 unspecified atom stereocenters. The van der Waals surface area contributed by atoms with E-state index in [9.17, 15) is 0 Å². The van der Waals surface area contributed by atoms with Crippen LogP contribution in [0, 0.1) is 13.1 Å². The molecule has 0 aromatic carbocycles. The molecule has 0 N–H and O–H groups in total. The molecule has 0 aliphatic carbocycles. The molecule has 1 heterocycles. The minimum atomic E-state index is -0.123. The van der Waals surface area contributed by atoms with E-state index in [1.807, 2.05) is 0 Å². The summed E-state index contributed by atoms with van der Waals surface area (Å²) in [6, 6.07) is 0. The van der Waals surface area contributed by atoms with Gasteiger partial charge in [0.15, 0.2) is 0 Å². The zero-order chi connectivity index (χ0) is 8.27. The van der Waals surface area contributed by atoms with Crippen molar-refractivity contribution < 1.29 is 0 Å². The van der Waals surface area contributed by atoms with E-state index >= 15 is 0 Å². The van der Waals surface area contributed by atoms with E-state index in [1.54, 1.807) is 5.87 Å². The molecule has 0 fully saturated rings. The Morgan fingerprint density at radius 2 is 1.64 bits per heavy atom. The van der Waals surface area contributed by atoms with Gasteiger partial charge in [-0.25, -0.2) is 0 Å². The van der Waals surface area contributed by atoms with Crippen LogP contribution in [-0.4, -0.2) is 17.5 Å². The van der Waals surface area contributed by atoms with Crippen molar-refractivity contribution in [2.24, 2.45) is 9.98 Å². The summed E-state index contributed by atoms with van der Waals surface area (Å²) >= 11 is 0. The minimum absolute atomic E-state index is 0.100. The van der Waals surface area contributed by atoms with Gasteiger partial charge in [-0.1, -0.05) is 23.1 Å². The van der Waals surface area contributed by atoms with E-state index in [2.05, 4.69) is 19.7 Å². The molecule has 0 aromatic heterocycles. The Kier molecular flexibility index (Phi) is 1.61. The highest BCUT2D eigenvalue weighted by Gasteiger charge is 2.20. The monoisotopic (exact) mass is 142 g/mol. The van der Waals surface area contributed by atoms with Crippen LogP contribution in [0.2, 0.25) is 0 Å². The highest BCUT2D eigenvalue weighted by molar-refractivity contribution is 6.49. The van der Waals surface area contributed by atoms with Crippen LogP contribution in [0.3, 0.4) is 0 Å². The second kappa shape index (κ2) is 2.57. The van der Waals surface area contributed by atoms with E-state index in [0.29, 0.717) is 0 Å². The number of rotatable bonds is 0. The van der Waals surface area contributed by atoms with E-state index in [0.717, 1.165) is 0 Å². The molecule has 0 saturated carbocycles. The van der Waals surface area contributed by atoms with Crippen molar-refractivity contribution in [1.82, 2.24) is 0 Å². The Morgan fingerprint density at radius 3 is 1.91 bits per heavy atom. The molecule has 5 nitrogen and oxygen atoms in total. The predicted molar refractivity (Wildman–Crippen MR) is 40.0 cm³/mol. The van der Waals surface area contributed by atoms with Crippen LogP contribution >= 0.6 is 0 Å². The van der Waals surface area contributed by atoms with Gasteiger partial charge in [-0.15, -0.1) is 0 Å². The normalized spacial score (nSPS) is 14.2. The van der Waals surface area contributed by atoms with E-state index in [4.69, 9.17) is 18.6 Å². The fraction of sp³-hybridized carbons (Fsp3) is 0. The first kappa shape index (κ1) is 6.88. The van der Waals surface area contributed by atoms with Crippen LogP contribution in [0.1, 0.15) is 0 Å². The third kappa shape index (κ3) is 1.04. The van der Waals surface area contributed by atoms with Crippen molar-refractivity contribution in [2.75, 3.05) is 0 Å². The zero-order valence-electron chi connectivity index (χ0n) is 5.24. The molecular formula is C6N5-. The third-order valence-corrected chi connectivity index (χ3v) is 0.935. The molecule has 0 aromatic rings. The van der Waals surface area contributed by atoms with Crippen molar-refractivity contribution in [3.05, 3.63) is 34.1 Å². The van der Waals surface area contributed by atoms with Crippen LogP contribution in [0.4, 0.5) is 0 Å². The van der Waals surface area contributed by atoms with Crippen molar-refractivity contribution in [2.45, 2.75) is 0 Å². The second-order valence-electron chi connectivity index (χ2n) is 1.53. The molecule has 1 aliphatic rings. The molecule has 1 rings (SSSR count). The Morgan fingerprint density at radius 1 is 1.18 bits per heavy atom. The van der Waals surface area contributed by atoms with Crippen molar-refractivity contribution in [3.63, 3.8) is 0 Å². The number of hydrogen-bond donors (Lipinski definition) is 0. The van der Waals surface area contributed by atoms with Gasteiger partial charge >= 0.3 is 5.82 Å². The molecule has 0 saturated heterocycles. The Labute approximate surface area is 62.5 Å². The Hall–Kier alpha value is -2.23. The van der Waals surface area contributed by atoms with Gasteiger partial charge < -0.3 is 15.1 Å². The van der Waals surface area contributed by atoms with Gasteiger partial charge in [-0.2, -0.15) is 5.87 Å². The SMILES string of the molecule is [C-]#[N+]C1=NC(=C=[N-])N=C1[N+]#[C-]. The predicted octanol–water partition coefficient (Wildman–Crippen LogP) is 0.716. The van der Waals surface area contributed by atoms with Gasteiger partial charge in [0, 0.05) is 0 Å². The summed E-state index contributed by atoms with van der Waals surface area (Å²) in [6.45, 7) is 13.1. The van der Waals surface area contributed by atoms with E-state index in [1.165, 1.54) is 0 Å². The number of aliphatic imine (C=N–C) groups is 2. The summed E-state index contributed by atoms with van der Waals surface area (Å²) < 4.78 is 0. The second-order valence-corrected chi connectivity index (χ2v) is 1.53. The largest absolute Gasteiger partial charge is 0.756 e. The summed E-state index contributed by atoms with van der Waals surface area (Å²) in [4.78, 5) is 12.8. The maximum atomic E-state index is 8.29. The first-order valence-electron chi connectivity index (χ1n) is 2.51. The van der Waals surface area contributed by atoms with Gasteiger partial charge in [0.1, 0.15) is 0 Å². The topological polar surface area (TPSA) is 55.7 Å². The zero-order valence-corrected chi connectivity index (χ0v) is 5.24. The Balaban J connectivity index is 3.24. The van der Waals surface area contributed by atoms with E-state index in [-0.39, 0.29) is 17.5 Å². The molecule has 0 spiro atoms. The van der Waals surface area contributed by atoms with Crippen LogP contribution in [-0.2, 0) is 0 Å². The van der Waals surface area contributed by atoms with Gasteiger partial charge in [0.05, 0.1) is 0 Å². The molecule has 50 valence electrons. The van der Waals surface area contributed by atoms with Crippen molar-refractivity contribution in [3.8, 4) is 0 Å². The Bertz CT molecular complexity index is 348. The average Bonchev–Trinajstić information content (AvgIpc) is 2.46. The maximum Gasteiger partial charge on any atom is 0.357 e. The highest BCUT2D eigenvalue weighted by atomic mass is 15.1. The molecule has 0 radical (unpaired) electrons. The lowest BCUT2D eigenvalue weighted by Gasteiger charge is -1.80. The lowest BCUT2D eigenvalue weighted by atomic mass is 10.6. The van der Waals surface area contributed by atoms with Crippen LogP contribution < -0.4 is 0 Å². The fourth-order valence-corrected chi connectivity index (χ4v) is 0.526. The minimum Gasteiger partial charge on any atom is -0.756 e. The average molecular weight is 142 g/mol.